The summed E-state index contributed by atoms with van der Waals surface area (Å²) in [4.78, 5) is 72.6. The van der Waals surface area contributed by atoms with Gasteiger partial charge in [0.25, 0.3) is 5.91 Å². The lowest BCUT2D eigenvalue weighted by Gasteiger charge is -2.41. The number of ether oxygens (including phenoxy) is 5. The molecule has 0 aromatic rings. The van der Waals surface area contributed by atoms with Crippen molar-refractivity contribution in [3.63, 3.8) is 0 Å². The number of fused-ring (bicyclic) bond motifs is 3. The quantitative estimate of drug-likeness (QED) is 0.153. The molecule has 1 aliphatic carbocycles. The highest BCUT2D eigenvalue weighted by Gasteiger charge is 2.55. The normalized spacial score (nSPS) is 40.6. The predicted molar refractivity (Wildman–Crippen MR) is 259 cm³/mol. The van der Waals surface area contributed by atoms with Crippen LogP contribution < -0.4 is 10.5 Å². The van der Waals surface area contributed by atoms with E-state index < -0.39 is 77.8 Å². The van der Waals surface area contributed by atoms with Gasteiger partial charge in [-0.2, -0.15) is 0 Å². The summed E-state index contributed by atoms with van der Waals surface area (Å²) >= 11 is 0. The molecule has 69 heavy (non-hydrogen) atoms. The first-order valence-corrected chi connectivity index (χ1v) is 25.2. The Morgan fingerprint density at radius 3 is 2.35 bits per heavy atom. The predicted octanol–water partition coefficient (Wildman–Crippen LogP) is 4.82. The third-order valence-electron chi connectivity index (χ3n) is 15.2. The number of methoxy groups -OCH3 is 3. The van der Waals surface area contributed by atoms with Crippen molar-refractivity contribution in [2.75, 3.05) is 27.9 Å². The Morgan fingerprint density at radius 2 is 1.67 bits per heavy atom. The van der Waals surface area contributed by atoms with Gasteiger partial charge in [0.05, 0.1) is 12.2 Å². The van der Waals surface area contributed by atoms with Gasteiger partial charge in [-0.1, -0.05) is 76.2 Å². The molecule has 386 valence electrons. The number of ketones is 3. The Balaban J connectivity index is 1.49. The van der Waals surface area contributed by atoms with Crippen LogP contribution in [0.15, 0.2) is 52.7 Å². The van der Waals surface area contributed by atoms with Crippen molar-refractivity contribution in [3.05, 3.63) is 53.1 Å². The van der Waals surface area contributed by atoms with Gasteiger partial charge in [0.15, 0.2) is 5.78 Å². The summed E-state index contributed by atoms with van der Waals surface area (Å²) in [7, 11) is 4.63. The van der Waals surface area contributed by atoms with E-state index in [1.54, 1.807) is 47.4 Å². The average Bonchev–Trinajstić information content (AvgIpc) is 3.85. The topological polar surface area (TPSA) is 218 Å². The number of nitrogens with zero attached hydrogens (tertiary/aromatic N) is 3. The number of hydrogen-bond donors (Lipinski definition) is 4. The third kappa shape index (κ3) is 14.4. The molecule has 4 N–H and O–H groups in total. The number of aliphatic hydroxyl groups excluding tert-OH is 1. The van der Waals surface area contributed by atoms with Crippen molar-refractivity contribution in [1.82, 2.24) is 10.3 Å². The zero-order valence-electron chi connectivity index (χ0n) is 42.6. The largest absolute Gasteiger partial charge is 0.460 e. The molecule has 2 saturated heterocycles. The summed E-state index contributed by atoms with van der Waals surface area (Å²) < 4.78 is 30.0. The van der Waals surface area contributed by atoms with Crippen LogP contribution in [0.1, 0.15) is 126 Å². The highest BCUT2D eigenvalue weighted by atomic mass is 16.6. The van der Waals surface area contributed by atoms with Crippen molar-refractivity contribution in [3.8, 4) is 0 Å². The van der Waals surface area contributed by atoms with Crippen LogP contribution in [-0.2, 0) is 47.7 Å². The van der Waals surface area contributed by atoms with E-state index in [0.717, 1.165) is 18.4 Å². The third-order valence-corrected chi connectivity index (χ3v) is 15.2. The maximum atomic E-state index is 14.7. The van der Waals surface area contributed by atoms with E-state index in [4.69, 9.17) is 23.7 Å². The first-order valence-electron chi connectivity index (χ1n) is 25.2. The molecule has 5 unspecified atom stereocenters. The van der Waals surface area contributed by atoms with E-state index in [0.29, 0.717) is 55.6 Å². The standard InChI is InChI=1S/C52H81N5O12/c1-31-16-12-11-13-17-32(2)43(65-8)28-39-21-19-33(3)49(61)52(64,69-39)51(63)56-23-15-14-18-41(56)50(62)68-44(35(5)26-38-20-22-40(45(27-38)66-9)57-54-30-53-55-57)29-42(58)34(4)25-37(7)47(60)48(67-10)46(59)36(6)24-31/h11-13,16-17,25,30-31,33-36,38-41,43-45,47-48,57,60,64H,14-15,18-24,26-29H2,1-10H3,(H,53,54)/b13-11+,16-12+,32-17+,37-25+/t31-,33-,34-,35-,36+,38+,39?,40+,41?,43+,44+,45-,47-,48?,52?/m1/s1. The van der Waals surface area contributed by atoms with Gasteiger partial charge >= 0.3 is 11.8 Å². The average molecular weight is 968 g/mol. The van der Waals surface area contributed by atoms with Crippen molar-refractivity contribution < 1.29 is 63.0 Å². The van der Waals surface area contributed by atoms with E-state index in [1.807, 2.05) is 58.1 Å². The van der Waals surface area contributed by atoms with E-state index in [-0.39, 0.29) is 67.3 Å². The molecule has 17 heteroatoms. The van der Waals surface area contributed by atoms with Crippen molar-refractivity contribution in [2.24, 2.45) is 40.6 Å². The van der Waals surface area contributed by atoms with Crippen LogP contribution in [-0.4, -0.2) is 133 Å². The molecule has 3 fully saturated rings. The molecule has 4 aliphatic heterocycles. The second-order valence-corrected chi connectivity index (χ2v) is 20.5. The van der Waals surface area contributed by atoms with E-state index in [9.17, 15) is 34.2 Å². The number of piperidine rings is 1. The lowest BCUT2D eigenvalue weighted by molar-refractivity contribution is -0.899. The Kier molecular flexibility index (Phi) is 21.1. The number of esters is 1. The summed E-state index contributed by atoms with van der Waals surface area (Å²) in [5.41, 5.74) is 8.36. The Bertz CT molecular complexity index is 1940. The minimum atomic E-state index is -2.85. The first-order chi connectivity index (χ1) is 32.8. The summed E-state index contributed by atoms with van der Waals surface area (Å²) in [5.74, 6) is -7.92. The maximum absolute atomic E-state index is 14.7. The summed E-state index contributed by atoms with van der Waals surface area (Å²) in [6.07, 6.45) is 13.6. The molecule has 0 radical (unpaired) electrons. The van der Waals surface area contributed by atoms with Crippen molar-refractivity contribution >= 4 is 35.6 Å². The van der Waals surface area contributed by atoms with E-state index in [2.05, 4.69) is 16.1 Å². The molecule has 17 nitrogen and oxygen atoms in total. The first kappa shape index (κ1) is 56.0. The Hall–Kier alpha value is -3.94. The van der Waals surface area contributed by atoms with Crippen molar-refractivity contribution in [2.45, 2.75) is 180 Å². The number of nitrogens with one attached hydrogen (secondary N) is 2. The molecular weight excluding hydrogens is 887 g/mol. The lowest BCUT2D eigenvalue weighted by atomic mass is 9.77. The number of rotatable bonds is 7. The summed E-state index contributed by atoms with van der Waals surface area (Å²) in [6.45, 7) is 12.8. The van der Waals surface area contributed by atoms with Crippen molar-refractivity contribution in [1.29, 1.82) is 0 Å². The zero-order chi connectivity index (χ0) is 50.6. The van der Waals surface area contributed by atoms with Gasteiger partial charge in [0.2, 0.25) is 5.78 Å². The fourth-order valence-corrected chi connectivity index (χ4v) is 10.8. The van der Waals surface area contributed by atoms with E-state index >= 15 is 0 Å². The molecule has 0 aromatic heterocycles. The number of hydrogen-bond acceptors (Lipinski definition) is 14. The smallest absolute Gasteiger partial charge is 0.329 e. The molecular formula is C52H81N5O12. The maximum Gasteiger partial charge on any atom is 0.329 e. The zero-order valence-corrected chi connectivity index (χ0v) is 42.6. The lowest BCUT2D eigenvalue weighted by Crippen LogP contribution is -3.08. The van der Waals surface area contributed by atoms with Gasteiger partial charge in [-0.15, -0.1) is 0 Å². The summed E-state index contributed by atoms with van der Waals surface area (Å²) in [6, 6.07) is -1.14. The second kappa shape index (κ2) is 26.0. The summed E-state index contributed by atoms with van der Waals surface area (Å²) in [5, 5.41) is 28.8. The molecule has 0 spiro atoms. The number of allylic oxidation sites excluding steroid dienone is 6. The van der Waals surface area contributed by atoms with Gasteiger partial charge in [-0.3, -0.25) is 24.3 Å². The fourth-order valence-electron chi connectivity index (χ4n) is 10.8. The Labute approximate surface area is 409 Å². The van der Waals surface area contributed by atoms with Crippen LogP contribution in [0.25, 0.3) is 5.53 Å². The van der Waals surface area contributed by atoms with Gasteiger partial charge in [0.1, 0.15) is 48.6 Å². The number of aliphatic hydroxyl groups is 2. The fraction of sp³-hybridized carbons (Fsp3) is 0.731. The number of cyclic esters (lactones) is 1. The minimum absolute atomic E-state index is 0.0122. The molecule has 5 rings (SSSR count). The number of amides is 1. The van der Waals surface area contributed by atoms with Crippen LogP contribution in [0.2, 0.25) is 0 Å². The number of Topliss-reactive ketones (excluding diaryl/α,β-unsaturated/α-hetero) is 3. The molecule has 2 bridgehead atoms. The van der Waals surface area contributed by atoms with Crippen LogP contribution in [0, 0.1) is 35.5 Å². The number of carbonyl (C=O) groups excluding carboxylic acids is 5. The molecule has 5 aliphatic rings. The molecule has 16 atom stereocenters. The molecule has 0 aromatic carbocycles. The van der Waals surface area contributed by atoms with Gasteiger partial charge in [-0.05, 0) is 101 Å². The Morgan fingerprint density at radius 1 is 0.913 bits per heavy atom. The molecule has 4 heterocycles. The highest BCUT2D eigenvalue weighted by Crippen LogP contribution is 2.36. The minimum Gasteiger partial charge on any atom is -0.460 e. The van der Waals surface area contributed by atoms with Crippen LogP contribution >= 0.6 is 0 Å². The van der Waals surface area contributed by atoms with Gasteiger partial charge < -0.3 is 49.8 Å². The van der Waals surface area contributed by atoms with Gasteiger partial charge in [0, 0.05) is 64.9 Å². The van der Waals surface area contributed by atoms with Crippen LogP contribution in [0.3, 0.4) is 0 Å². The number of quaternary nitrogens is 1. The monoisotopic (exact) mass is 968 g/mol. The number of carbonyl (C=O) groups is 5. The van der Waals surface area contributed by atoms with Crippen LogP contribution in [0.4, 0.5) is 0 Å². The molecule has 1 amide bonds. The highest BCUT2D eigenvalue weighted by molar-refractivity contribution is 6.09. The molecule has 1 saturated carbocycles. The van der Waals surface area contributed by atoms with E-state index in [1.165, 1.54) is 12.0 Å². The van der Waals surface area contributed by atoms with Crippen LogP contribution in [0.5, 0.6) is 0 Å². The SMILES string of the molecule is COC1C(=O)[C@@H](C)C[C@H](C)/C=C/C=C/C=C(\C)[C@@H](OC)CC2CC[C@@H](C)C(=O)C(O)(O2)C(=O)N2CCCCC2C(=O)O[C@H]([C@H](C)C[C@@H]2CC[C@H]([NH+]3N=CN[N-]3)[C@H](OC)C2)CC(=O)[C@H](C)/C=C(\C)[C@H]1O. The second-order valence-electron chi connectivity index (χ2n) is 20.5. The van der Waals surface area contributed by atoms with Gasteiger partial charge in [-0.25, -0.2) is 4.79 Å².